The van der Waals surface area contributed by atoms with Crippen LogP contribution in [0.5, 0.6) is 5.75 Å². The molecule has 1 aliphatic rings. The first kappa shape index (κ1) is 13.0. The van der Waals surface area contributed by atoms with Gasteiger partial charge < -0.3 is 9.64 Å². The first-order valence-electron chi connectivity index (χ1n) is 6.03. The second-order valence-electron chi connectivity index (χ2n) is 4.33. The first-order valence-corrected chi connectivity index (χ1v) is 6.78. The summed E-state index contributed by atoms with van der Waals surface area (Å²) in [7, 11) is 0. The van der Waals surface area contributed by atoms with E-state index in [9.17, 15) is 0 Å². The fraction of sp³-hybridized carbons (Fsp3) is 0.538. The Kier molecular flexibility index (Phi) is 4.55. The molecule has 0 atom stereocenters. The molecule has 0 spiro atoms. The average Bonchev–Trinajstić information content (AvgIpc) is 2.35. The van der Waals surface area contributed by atoms with Crippen molar-refractivity contribution < 1.29 is 4.74 Å². The third-order valence-electron chi connectivity index (χ3n) is 3.18. The zero-order chi connectivity index (χ0) is 12.3. The van der Waals surface area contributed by atoms with Crippen molar-refractivity contribution in [3.63, 3.8) is 0 Å². The van der Waals surface area contributed by atoms with Gasteiger partial charge in [-0.25, -0.2) is 0 Å². The molecule has 1 aliphatic heterocycles. The lowest BCUT2D eigenvalue weighted by Crippen LogP contribution is -2.37. The Bertz CT molecular complexity index is 376. The zero-order valence-corrected chi connectivity index (χ0v) is 11.5. The fourth-order valence-corrected chi connectivity index (χ4v) is 2.37. The van der Waals surface area contributed by atoms with Gasteiger partial charge in [0.15, 0.2) is 0 Å². The standard InChI is InChI=1S/C13H17Cl2NO/c1-2-16-7-5-10(6-8-16)17-11-3-4-12(14)13(15)9-11/h3-4,9-10H,2,5-8H2,1H3. The maximum atomic E-state index is 5.96. The minimum absolute atomic E-state index is 0.301. The van der Waals surface area contributed by atoms with Gasteiger partial charge in [0.2, 0.25) is 0 Å². The summed E-state index contributed by atoms with van der Waals surface area (Å²) in [5, 5.41) is 1.12. The van der Waals surface area contributed by atoms with E-state index in [-0.39, 0.29) is 0 Å². The molecule has 0 radical (unpaired) electrons. The molecule has 1 fully saturated rings. The maximum Gasteiger partial charge on any atom is 0.121 e. The van der Waals surface area contributed by atoms with Crippen molar-refractivity contribution in [2.24, 2.45) is 0 Å². The molecule has 2 rings (SSSR count). The molecule has 1 aromatic carbocycles. The molecule has 17 heavy (non-hydrogen) atoms. The van der Waals surface area contributed by atoms with E-state index < -0.39 is 0 Å². The summed E-state index contributed by atoms with van der Waals surface area (Å²) < 4.78 is 5.91. The number of likely N-dealkylation sites (tertiary alicyclic amines) is 1. The number of nitrogens with zero attached hydrogens (tertiary/aromatic N) is 1. The lowest BCUT2D eigenvalue weighted by atomic mass is 10.1. The Morgan fingerprint density at radius 3 is 2.53 bits per heavy atom. The first-order chi connectivity index (χ1) is 8.19. The number of benzene rings is 1. The van der Waals surface area contributed by atoms with E-state index in [1.54, 1.807) is 12.1 Å². The number of hydrogen-bond donors (Lipinski definition) is 0. The molecule has 2 nitrogen and oxygen atoms in total. The van der Waals surface area contributed by atoms with Gasteiger partial charge >= 0.3 is 0 Å². The van der Waals surface area contributed by atoms with Crippen LogP contribution in [-0.4, -0.2) is 30.6 Å². The Hall–Kier alpha value is -0.440. The monoisotopic (exact) mass is 273 g/mol. The van der Waals surface area contributed by atoms with Gasteiger partial charge in [0.05, 0.1) is 10.0 Å². The van der Waals surface area contributed by atoms with E-state index in [1.165, 1.54) is 0 Å². The van der Waals surface area contributed by atoms with Crippen LogP contribution in [0.4, 0.5) is 0 Å². The molecule has 0 amide bonds. The molecule has 94 valence electrons. The normalized spacial score (nSPS) is 18.3. The number of rotatable bonds is 3. The van der Waals surface area contributed by atoms with Crippen LogP contribution >= 0.6 is 23.2 Å². The molecule has 0 saturated carbocycles. The minimum atomic E-state index is 0.301. The molecule has 0 unspecified atom stereocenters. The van der Waals surface area contributed by atoms with Crippen molar-refractivity contribution in [1.29, 1.82) is 0 Å². The number of halogens is 2. The molecule has 0 aromatic heterocycles. The van der Waals surface area contributed by atoms with Crippen molar-refractivity contribution in [3.05, 3.63) is 28.2 Å². The second kappa shape index (κ2) is 5.94. The number of hydrogen-bond acceptors (Lipinski definition) is 2. The third-order valence-corrected chi connectivity index (χ3v) is 3.91. The largest absolute Gasteiger partial charge is 0.490 e. The molecular formula is C13H17Cl2NO. The topological polar surface area (TPSA) is 12.5 Å². The SMILES string of the molecule is CCN1CCC(Oc2ccc(Cl)c(Cl)c2)CC1. The summed E-state index contributed by atoms with van der Waals surface area (Å²) in [5.74, 6) is 0.814. The van der Waals surface area contributed by atoms with E-state index in [4.69, 9.17) is 27.9 Å². The van der Waals surface area contributed by atoms with Crippen LogP contribution in [-0.2, 0) is 0 Å². The predicted octanol–water partition coefficient (Wildman–Crippen LogP) is 3.86. The average molecular weight is 274 g/mol. The third kappa shape index (κ3) is 3.51. The van der Waals surface area contributed by atoms with Crippen LogP contribution in [0.15, 0.2) is 18.2 Å². The molecule has 0 N–H and O–H groups in total. The zero-order valence-electron chi connectivity index (χ0n) is 9.96. The van der Waals surface area contributed by atoms with E-state index in [2.05, 4.69) is 11.8 Å². The van der Waals surface area contributed by atoms with Gasteiger partial charge in [0, 0.05) is 19.2 Å². The van der Waals surface area contributed by atoms with Gasteiger partial charge in [0.25, 0.3) is 0 Å². The Labute approximate surface area is 112 Å². The van der Waals surface area contributed by atoms with Gasteiger partial charge in [0.1, 0.15) is 11.9 Å². The lowest BCUT2D eigenvalue weighted by Gasteiger charge is -2.31. The highest BCUT2D eigenvalue weighted by molar-refractivity contribution is 6.42. The van der Waals surface area contributed by atoms with E-state index in [0.29, 0.717) is 16.1 Å². The minimum Gasteiger partial charge on any atom is -0.490 e. The van der Waals surface area contributed by atoms with Gasteiger partial charge in [-0.05, 0) is 31.5 Å². The molecule has 1 saturated heterocycles. The predicted molar refractivity (Wildman–Crippen MR) is 72.2 cm³/mol. The van der Waals surface area contributed by atoms with Crippen molar-refractivity contribution in [2.45, 2.75) is 25.9 Å². The molecular weight excluding hydrogens is 257 g/mol. The highest BCUT2D eigenvalue weighted by atomic mass is 35.5. The van der Waals surface area contributed by atoms with Gasteiger partial charge in [-0.3, -0.25) is 0 Å². The number of ether oxygens (including phenoxy) is 1. The fourth-order valence-electron chi connectivity index (χ4n) is 2.09. The molecule has 0 aliphatic carbocycles. The highest BCUT2D eigenvalue weighted by Crippen LogP contribution is 2.28. The van der Waals surface area contributed by atoms with Gasteiger partial charge in [-0.2, -0.15) is 0 Å². The van der Waals surface area contributed by atoms with E-state index in [0.717, 1.165) is 38.2 Å². The van der Waals surface area contributed by atoms with Crippen LogP contribution in [0.3, 0.4) is 0 Å². The number of piperidine rings is 1. The second-order valence-corrected chi connectivity index (χ2v) is 5.14. The summed E-state index contributed by atoms with van der Waals surface area (Å²) >= 11 is 11.8. The summed E-state index contributed by atoms with van der Waals surface area (Å²) in [4.78, 5) is 2.44. The Morgan fingerprint density at radius 1 is 1.24 bits per heavy atom. The van der Waals surface area contributed by atoms with Gasteiger partial charge in [-0.15, -0.1) is 0 Å². The smallest absolute Gasteiger partial charge is 0.121 e. The van der Waals surface area contributed by atoms with E-state index in [1.807, 2.05) is 6.07 Å². The van der Waals surface area contributed by atoms with Crippen LogP contribution in [0.25, 0.3) is 0 Å². The van der Waals surface area contributed by atoms with Gasteiger partial charge in [-0.1, -0.05) is 30.1 Å². The van der Waals surface area contributed by atoms with E-state index >= 15 is 0 Å². The molecule has 1 heterocycles. The van der Waals surface area contributed by atoms with Crippen molar-refractivity contribution in [3.8, 4) is 5.75 Å². The lowest BCUT2D eigenvalue weighted by molar-refractivity contribution is 0.104. The van der Waals surface area contributed by atoms with Crippen LogP contribution in [0, 0.1) is 0 Å². The van der Waals surface area contributed by atoms with Crippen LogP contribution in [0.2, 0.25) is 10.0 Å². The highest BCUT2D eigenvalue weighted by Gasteiger charge is 2.19. The molecule has 4 heteroatoms. The maximum absolute atomic E-state index is 5.96. The van der Waals surface area contributed by atoms with Crippen molar-refractivity contribution in [1.82, 2.24) is 4.90 Å². The molecule has 0 bridgehead atoms. The Morgan fingerprint density at radius 2 is 1.94 bits per heavy atom. The van der Waals surface area contributed by atoms with Crippen molar-refractivity contribution >= 4 is 23.2 Å². The van der Waals surface area contributed by atoms with Crippen LogP contribution in [0.1, 0.15) is 19.8 Å². The summed E-state index contributed by atoms with van der Waals surface area (Å²) in [6.45, 7) is 5.55. The van der Waals surface area contributed by atoms with Crippen molar-refractivity contribution in [2.75, 3.05) is 19.6 Å². The van der Waals surface area contributed by atoms with Crippen LogP contribution < -0.4 is 4.74 Å². The summed E-state index contributed by atoms with van der Waals surface area (Å²) in [6.07, 6.45) is 2.46. The summed E-state index contributed by atoms with van der Waals surface area (Å²) in [5.41, 5.74) is 0. The summed E-state index contributed by atoms with van der Waals surface area (Å²) in [6, 6.07) is 5.44. The quantitative estimate of drug-likeness (QED) is 0.830. The molecule has 1 aromatic rings. The Balaban J connectivity index is 1.91.